The quantitative estimate of drug-likeness (QED) is 0.798. The fourth-order valence-corrected chi connectivity index (χ4v) is 1.98. The molecule has 20 heavy (non-hydrogen) atoms. The first-order valence-electron chi connectivity index (χ1n) is 6.92. The molecule has 2 N–H and O–H groups in total. The molecule has 1 aromatic rings. The van der Waals surface area contributed by atoms with Gasteiger partial charge in [0.25, 0.3) is 5.91 Å². The number of hydrogen-bond acceptors (Lipinski definition) is 3. The molecule has 112 valence electrons. The zero-order chi connectivity index (χ0) is 15.3. The summed E-state index contributed by atoms with van der Waals surface area (Å²) in [6, 6.07) is -0.847. The van der Waals surface area contributed by atoms with E-state index in [4.69, 9.17) is 5.11 Å². The van der Waals surface area contributed by atoms with Crippen molar-refractivity contribution >= 4 is 11.9 Å². The number of nitrogens with zero attached hydrogens (tertiary/aromatic N) is 2. The number of nitrogens with one attached hydrogen (secondary N) is 1. The lowest BCUT2D eigenvalue weighted by molar-refractivity contribution is -0.139. The normalized spacial score (nSPS) is 12.4. The standard InChI is InChI=1S/C14H23N3O3/c1-5-6-12(14(19)20)16-13(18)11-7-15-17(10(11)4)8-9(2)3/h7,9,12H,5-6,8H2,1-4H3,(H,16,18)(H,19,20). The number of aromatic nitrogens is 2. The van der Waals surface area contributed by atoms with Crippen LogP contribution in [-0.2, 0) is 11.3 Å². The van der Waals surface area contributed by atoms with E-state index in [1.807, 2.05) is 13.8 Å². The maximum absolute atomic E-state index is 12.1. The Kier molecular flexibility index (Phi) is 5.73. The van der Waals surface area contributed by atoms with Gasteiger partial charge in [-0.3, -0.25) is 9.48 Å². The molecule has 0 aliphatic carbocycles. The van der Waals surface area contributed by atoms with Gasteiger partial charge in [-0.2, -0.15) is 5.10 Å². The maximum atomic E-state index is 12.1. The summed E-state index contributed by atoms with van der Waals surface area (Å²) in [5.74, 6) is -0.956. The van der Waals surface area contributed by atoms with Gasteiger partial charge in [0.15, 0.2) is 0 Å². The van der Waals surface area contributed by atoms with E-state index < -0.39 is 12.0 Å². The van der Waals surface area contributed by atoms with E-state index in [9.17, 15) is 9.59 Å². The predicted molar refractivity (Wildman–Crippen MR) is 75.6 cm³/mol. The van der Waals surface area contributed by atoms with E-state index in [0.29, 0.717) is 24.3 Å². The Morgan fingerprint density at radius 3 is 2.60 bits per heavy atom. The number of aliphatic carboxylic acids is 1. The molecule has 0 aliphatic heterocycles. The summed E-state index contributed by atoms with van der Waals surface area (Å²) in [6.07, 6.45) is 2.61. The summed E-state index contributed by atoms with van der Waals surface area (Å²) in [6.45, 7) is 8.58. The molecule has 0 aromatic carbocycles. The Labute approximate surface area is 119 Å². The summed E-state index contributed by atoms with van der Waals surface area (Å²) in [7, 11) is 0. The average Bonchev–Trinajstić information content (AvgIpc) is 2.69. The number of carbonyl (C=O) groups excluding carboxylic acids is 1. The van der Waals surface area contributed by atoms with E-state index >= 15 is 0 Å². The topological polar surface area (TPSA) is 84.2 Å². The first kappa shape index (κ1) is 16.2. The van der Waals surface area contributed by atoms with Gasteiger partial charge in [0, 0.05) is 12.2 Å². The Morgan fingerprint density at radius 1 is 1.45 bits per heavy atom. The SMILES string of the molecule is CCCC(NC(=O)c1cnn(CC(C)C)c1C)C(=O)O. The van der Waals surface area contributed by atoms with Crippen LogP contribution >= 0.6 is 0 Å². The molecule has 0 fully saturated rings. The molecule has 0 spiro atoms. The van der Waals surface area contributed by atoms with Gasteiger partial charge in [-0.1, -0.05) is 27.2 Å². The average molecular weight is 281 g/mol. The summed E-state index contributed by atoms with van der Waals surface area (Å²) in [5, 5.41) is 15.8. The molecule has 0 aliphatic rings. The third kappa shape index (κ3) is 4.08. The second-order valence-corrected chi connectivity index (χ2v) is 5.37. The van der Waals surface area contributed by atoms with Crippen molar-refractivity contribution in [2.45, 2.75) is 53.1 Å². The van der Waals surface area contributed by atoms with Gasteiger partial charge in [0.2, 0.25) is 0 Å². The lowest BCUT2D eigenvalue weighted by Gasteiger charge is -2.13. The predicted octanol–water partition coefficient (Wildman–Crippen LogP) is 1.83. The van der Waals surface area contributed by atoms with Crippen LogP contribution in [0, 0.1) is 12.8 Å². The second-order valence-electron chi connectivity index (χ2n) is 5.37. The van der Waals surface area contributed by atoms with E-state index in [-0.39, 0.29) is 5.91 Å². The minimum absolute atomic E-state index is 0.377. The number of carboxylic acid groups (broad SMARTS) is 1. The lowest BCUT2D eigenvalue weighted by atomic mass is 10.1. The van der Waals surface area contributed by atoms with Crippen LogP contribution in [0.4, 0.5) is 0 Å². The van der Waals surface area contributed by atoms with Crippen LogP contribution in [0.3, 0.4) is 0 Å². The van der Waals surface area contributed by atoms with Crippen molar-refractivity contribution in [2.75, 3.05) is 0 Å². The van der Waals surface area contributed by atoms with Crippen molar-refractivity contribution in [3.63, 3.8) is 0 Å². The first-order valence-corrected chi connectivity index (χ1v) is 6.92. The van der Waals surface area contributed by atoms with E-state index in [1.54, 1.807) is 4.68 Å². The highest BCUT2D eigenvalue weighted by Gasteiger charge is 2.22. The molecule has 0 saturated heterocycles. The van der Waals surface area contributed by atoms with Crippen LogP contribution in [0.1, 0.15) is 49.7 Å². The first-order chi connectivity index (χ1) is 9.36. The molecule has 1 atom stereocenters. The summed E-state index contributed by atoms with van der Waals surface area (Å²) in [4.78, 5) is 23.2. The van der Waals surface area contributed by atoms with Gasteiger partial charge in [-0.25, -0.2) is 4.79 Å². The highest BCUT2D eigenvalue weighted by Crippen LogP contribution is 2.10. The summed E-state index contributed by atoms with van der Waals surface area (Å²) < 4.78 is 1.77. The van der Waals surface area contributed by atoms with Crippen LogP contribution in [-0.4, -0.2) is 32.8 Å². The molecule has 1 unspecified atom stereocenters. The highest BCUT2D eigenvalue weighted by atomic mass is 16.4. The van der Waals surface area contributed by atoms with E-state index in [2.05, 4.69) is 24.3 Å². The Balaban J connectivity index is 2.82. The van der Waals surface area contributed by atoms with Gasteiger partial charge < -0.3 is 10.4 Å². The molecule has 6 nitrogen and oxygen atoms in total. The minimum Gasteiger partial charge on any atom is -0.480 e. The fraction of sp³-hybridized carbons (Fsp3) is 0.643. The number of carbonyl (C=O) groups is 2. The molecule has 0 saturated carbocycles. The van der Waals surface area contributed by atoms with Crippen LogP contribution in [0.5, 0.6) is 0 Å². The zero-order valence-corrected chi connectivity index (χ0v) is 12.5. The third-order valence-electron chi connectivity index (χ3n) is 3.07. The van der Waals surface area contributed by atoms with Crippen molar-refractivity contribution < 1.29 is 14.7 Å². The summed E-state index contributed by atoms with van der Waals surface area (Å²) >= 11 is 0. The number of hydrogen-bond donors (Lipinski definition) is 2. The van der Waals surface area contributed by atoms with Crippen molar-refractivity contribution in [1.82, 2.24) is 15.1 Å². The highest BCUT2D eigenvalue weighted by molar-refractivity contribution is 5.97. The lowest BCUT2D eigenvalue weighted by Crippen LogP contribution is -2.40. The third-order valence-corrected chi connectivity index (χ3v) is 3.07. The number of rotatable bonds is 7. The maximum Gasteiger partial charge on any atom is 0.326 e. The van der Waals surface area contributed by atoms with E-state index in [0.717, 1.165) is 12.2 Å². The Morgan fingerprint density at radius 2 is 2.10 bits per heavy atom. The molecular formula is C14H23N3O3. The molecule has 1 amide bonds. The molecular weight excluding hydrogens is 258 g/mol. The second kappa shape index (κ2) is 7.07. The fourth-order valence-electron chi connectivity index (χ4n) is 1.98. The van der Waals surface area contributed by atoms with Gasteiger partial charge in [0.1, 0.15) is 6.04 Å². The minimum atomic E-state index is -1.01. The molecule has 1 heterocycles. The summed E-state index contributed by atoms with van der Waals surface area (Å²) in [5.41, 5.74) is 1.20. The van der Waals surface area contributed by atoms with Gasteiger partial charge in [-0.05, 0) is 19.3 Å². The monoisotopic (exact) mass is 281 g/mol. The number of carboxylic acids is 1. The Bertz CT molecular complexity index is 480. The molecule has 6 heteroatoms. The molecule has 0 radical (unpaired) electrons. The van der Waals surface area contributed by atoms with Crippen LogP contribution < -0.4 is 5.32 Å². The zero-order valence-electron chi connectivity index (χ0n) is 12.5. The molecule has 1 rings (SSSR count). The van der Waals surface area contributed by atoms with Crippen LogP contribution in [0.15, 0.2) is 6.20 Å². The van der Waals surface area contributed by atoms with E-state index in [1.165, 1.54) is 6.20 Å². The largest absolute Gasteiger partial charge is 0.480 e. The molecule has 1 aromatic heterocycles. The van der Waals surface area contributed by atoms with Gasteiger partial charge in [0.05, 0.1) is 11.8 Å². The van der Waals surface area contributed by atoms with Crippen molar-refractivity contribution in [3.8, 4) is 0 Å². The number of amides is 1. The van der Waals surface area contributed by atoms with Gasteiger partial charge in [-0.15, -0.1) is 0 Å². The van der Waals surface area contributed by atoms with Gasteiger partial charge >= 0.3 is 5.97 Å². The van der Waals surface area contributed by atoms with Crippen molar-refractivity contribution in [2.24, 2.45) is 5.92 Å². The smallest absolute Gasteiger partial charge is 0.326 e. The molecule has 0 bridgehead atoms. The van der Waals surface area contributed by atoms with Crippen molar-refractivity contribution in [3.05, 3.63) is 17.5 Å². The Hall–Kier alpha value is -1.85. The van der Waals surface area contributed by atoms with Crippen LogP contribution in [0.2, 0.25) is 0 Å². The van der Waals surface area contributed by atoms with Crippen LogP contribution in [0.25, 0.3) is 0 Å². The van der Waals surface area contributed by atoms with Crippen molar-refractivity contribution in [1.29, 1.82) is 0 Å².